The molecule has 2 heterocycles. The Morgan fingerprint density at radius 3 is 2.52 bits per heavy atom. The second kappa shape index (κ2) is 9.56. The number of Topliss-reactive ketones (excluding diaryl/α,β-unsaturated/α-hetero) is 1. The van der Waals surface area contributed by atoms with Gasteiger partial charge in [-0.2, -0.15) is 0 Å². The largest absolute Gasteiger partial charge is 0.507 e. The van der Waals surface area contributed by atoms with Crippen LogP contribution in [0.25, 0.3) is 5.76 Å². The molecule has 7 heteroatoms. The Kier molecular flexibility index (Phi) is 6.40. The molecule has 7 nitrogen and oxygen atoms in total. The number of carbonyl (C=O) groups excluding carboxylic acids is 2. The molecule has 3 aromatic rings. The first-order chi connectivity index (χ1) is 16.0. The second-order valence-electron chi connectivity index (χ2n) is 7.52. The molecule has 1 N–H and O–H groups in total. The first-order valence-corrected chi connectivity index (χ1v) is 10.6. The Bertz CT molecular complexity index is 1190. The molecule has 2 aromatic carbocycles. The van der Waals surface area contributed by atoms with Crippen molar-refractivity contribution in [2.75, 3.05) is 13.7 Å². The highest BCUT2D eigenvalue weighted by molar-refractivity contribution is 6.46. The van der Waals surface area contributed by atoms with E-state index in [1.54, 1.807) is 67.0 Å². The van der Waals surface area contributed by atoms with Crippen molar-refractivity contribution < 1.29 is 24.2 Å². The highest BCUT2D eigenvalue weighted by atomic mass is 16.5. The third-order valence-electron chi connectivity index (χ3n) is 5.47. The number of pyridine rings is 1. The van der Waals surface area contributed by atoms with Gasteiger partial charge in [-0.25, -0.2) is 0 Å². The van der Waals surface area contributed by atoms with Gasteiger partial charge in [0, 0.05) is 24.5 Å². The number of ketones is 1. The summed E-state index contributed by atoms with van der Waals surface area (Å²) in [6.07, 6.45) is 3.29. The summed E-state index contributed by atoms with van der Waals surface area (Å²) in [6.45, 7) is 2.59. The number of aliphatic hydroxyl groups excluding tert-OH is 1. The van der Waals surface area contributed by atoms with Crippen LogP contribution in [0.15, 0.2) is 78.6 Å². The molecule has 0 spiro atoms. The van der Waals surface area contributed by atoms with Gasteiger partial charge in [0.15, 0.2) is 0 Å². The van der Waals surface area contributed by atoms with E-state index in [1.807, 2.05) is 13.0 Å². The van der Waals surface area contributed by atoms with Crippen LogP contribution in [0.4, 0.5) is 0 Å². The number of hydrogen-bond acceptors (Lipinski definition) is 6. The van der Waals surface area contributed by atoms with Gasteiger partial charge in [0.25, 0.3) is 11.7 Å². The van der Waals surface area contributed by atoms with Crippen LogP contribution in [0.1, 0.15) is 29.7 Å². The molecule has 1 aliphatic heterocycles. The number of aliphatic hydroxyl groups is 1. The number of likely N-dealkylation sites (tertiary alicyclic amines) is 1. The smallest absolute Gasteiger partial charge is 0.295 e. The van der Waals surface area contributed by atoms with Crippen LogP contribution in [-0.2, 0) is 16.1 Å². The molecule has 0 aliphatic carbocycles. The summed E-state index contributed by atoms with van der Waals surface area (Å²) >= 11 is 0. The SMILES string of the molecule is CCOc1ccc([C@H]2/C(=C(\O)c3cccc(OC)c3)C(=O)C(=O)N2Cc2cccnc2)cc1. The second-order valence-corrected chi connectivity index (χ2v) is 7.52. The number of rotatable bonds is 7. The molecule has 1 fully saturated rings. The van der Waals surface area contributed by atoms with Gasteiger partial charge in [-0.1, -0.05) is 30.3 Å². The summed E-state index contributed by atoms with van der Waals surface area (Å²) in [4.78, 5) is 31.8. The Labute approximate surface area is 191 Å². The molecule has 0 bridgehead atoms. The third kappa shape index (κ3) is 4.43. The zero-order valence-electron chi connectivity index (χ0n) is 18.4. The lowest BCUT2D eigenvalue weighted by molar-refractivity contribution is -0.140. The predicted octanol–water partition coefficient (Wildman–Crippen LogP) is 4.11. The quantitative estimate of drug-likeness (QED) is 0.335. The maximum absolute atomic E-state index is 13.1. The summed E-state index contributed by atoms with van der Waals surface area (Å²) in [7, 11) is 1.52. The maximum atomic E-state index is 13.1. The van der Waals surface area contributed by atoms with E-state index in [-0.39, 0.29) is 17.9 Å². The number of carbonyl (C=O) groups is 2. The molecule has 4 rings (SSSR count). The van der Waals surface area contributed by atoms with Gasteiger partial charge < -0.3 is 19.5 Å². The Balaban J connectivity index is 1.84. The minimum absolute atomic E-state index is 0.0290. The highest BCUT2D eigenvalue weighted by Gasteiger charge is 2.46. The zero-order valence-corrected chi connectivity index (χ0v) is 18.4. The van der Waals surface area contributed by atoms with Crippen molar-refractivity contribution in [2.24, 2.45) is 0 Å². The van der Waals surface area contributed by atoms with Crippen LogP contribution >= 0.6 is 0 Å². The number of ether oxygens (including phenoxy) is 2. The van der Waals surface area contributed by atoms with Crippen molar-refractivity contribution in [3.05, 3.63) is 95.3 Å². The number of hydrogen-bond donors (Lipinski definition) is 1. The average molecular weight is 444 g/mol. The molecule has 1 aliphatic rings. The average Bonchev–Trinajstić information content (AvgIpc) is 3.10. The molecule has 33 heavy (non-hydrogen) atoms. The first kappa shape index (κ1) is 22.1. The van der Waals surface area contributed by atoms with Crippen LogP contribution in [0.3, 0.4) is 0 Å². The fourth-order valence-electron chi connectivity index (χ4n) is 3.92. The Morgan fingerprint density at radius 2 is 1.85 bits per heavy atom. The van der Waals surface area contributed by atoms with Gasteiger partial charge in [-0.3, -0.25) is 14.6 Å². The van der Waals surface area contributed by atoms with E-state index in [1.165, 1.54) is 12.0 Å². The van der Waals surface area contributed by atoms with Gasteiger partial charge in [0.2, 0.25) is 0 Å². The van der Waals surface area contributed by atoms with E-state index >= 15 is 0 Å². The Morgan fingerprint density at radius 1 is 1.06 bits per heavy atom. The van der Waals surface area contributed by atoms with Gasteiger partial charge in [0.1, 0.15) is 17.3 Å². The number of amides is 1. The molecule has 0 saturated carbocycles. The van der Waals surface area contributed by atoms with E-state index in [9.17, 15) is 14.7 Å². The minimum Gasteiger partial charge on any atom is -0.507 e. The lowest BCUT2D eigenvalue weighted by Crippen LogP contribution is -2.29. The molecule has 168 valence electrons. The maximum Gasteiger partial charge on any atom is 0.295 e. The van der Waals surface area contributed by atoms with E-state index < -0.39 is 17.7 Å². The van der Waals surface area contributed by atoms with Crippen LogP contribution in [0.2, 0.25) is 0 Å². The van der Waals surface area contributed by atoms with Gasteiger partial charge in [-0.05, 0) is 48.4 Å². The van der Waals surface area contributed by atoms with Crippen molar-refractivity contribution in [2.45, 2.75) is 19.5 Å². The monoisotopic (exact) mass is 444 g/mol. The lowest BCUT2D eigenvalue weighted by atomic mass is 9.95. The van der Waals surface area contributed by atoms with Gasteiger partial charge >= 0.3 is 0 Å². The van der Waals surface area contributed by atoms with Gasteiger partial charge in [0.05, 0.1) is 25.3 Å². The summed E-state index contributed by atoms with van der Waals surface area (Å²) in [5.41, 5.74) is 1.88. The molecule has 0 unspecified atom stereocenters. The summed E-state index contributed by atoms with van der Waals surface area (Å²) < 4.78 is 10.8. The fourth-order valence-corrected chi connectivity index (χ4v) is 3.92. The van der Waals surface area contributed by atoms with Crippen molar-refractivity contribution in [3.8, 4) is 11.5 Å². The number of methoxy groups -OCH3 is 1. The molecular formula is C26H24N2O5. The standard InChI is InChI=1S/C26H24N2O5/c1-3-33-20-11-9-18(10-12-20)23-22(24(29)19-7-4-8-21(14-19)32-2)25(30)26(31)28(23)16-17-6-5-13-27-15-17/h4-15,23,29H,3,16H2,1-2H3/b24-22+/t23-/m0/s1. The van der Waals surface area contributed by atoms with Crippen molar-refractivity contribution in [1.82, 2.24) is 9.88 Å². The molecule has 1 atom stereocenters. The molecule has 1 saturated heterocycles. The molecular weight excluding hydrogens is 420 g/mol. The van der Waals surface area contributed by atoms with Crippen LogP contribution in [-0.4, -0.2) is 40.4 Å². The molecule has 0 radical (unpaired) electrons. The lowest BCUT2D eigenvalue weighted by Gasteiger charge is -2.25. The fraction of sp³-hybridized carbons (Fsp3) is 0.192. The number of benzene rings is 2. The number of aromatic nitrogens is 1. The molecule has 1 aromatic heterocycles. The normalized spacial score (nSPS) is 17.3. The van der Waals surface area contributed by atoms with Crippen LogP contribution in [0.5, 0.6) is 11.5 Å². The van der Waals surface area contributed by atoms with E-state index in [4.69, 9.17) is 9.47 Å². The zero-order chi connectivity index (χ0) is 23.4. The topological polar surface area (TPSA) is 89.0 Å². The molecule has 1 amide bonds. The van der Waals surface area contributed by atoms with E-state index in [0.717, 1.165) is 5.56 Å². The third-order valence-corrected chi connectivity index (χ3v) is 5.47. The van der Waals surface area contributed by atoms with Crippen LogP contribution < -0.4 is 9.47 Å². The van der Waals surface area contributed by atoms with Crippen molar-refractivity contribution in [1.29, 1.82) is 0 Å². The van der Waals surface area contributed by atoms with E-state index in [0.29, 0.717) is 29.2 Å². The first-order valence-electron chi connectivity index (χ1n) is 10.6. The van der Waals surface area contributed by atoms with E-state index in [2.05, 4.69) is 4.98 Å². The van der Waals surface area contributed by atoms with Gasteiger partial charge in [-0.15, -0.1) is 0 Å². The Hall–Kier alpha value is -4.13. The summed E-state index contributed by atoms with van der Waals surface area (Å²) in [5, 5.41) is 11.2. The van der Waals surface area contributed by atoms with Crippen molar-refractivity contribution >= 4 is 17.4 Å². The highest BCUT2D eigenvalue weighted by Crippen LogP contribution is 2.41. The predicted molar refractivity (Wildman–Crippen MR) is 123 cm³/mol. The van der Waals surface area contributed by atoms with Crippen molar-refractivity contribution in [3.63, 3.8) is 0 Å². The minimum atomic E-state index is -0.771. The summed E-state index contributed by atoms with van der Waals surface area (Å²) in [5.74, 6) is -0.459. The summed E-state index contributed by atoms with van der Waals surface area (Å²) in [6, 6.07) is 16.8. The van der Waals surface area contributed by atoms with Crippen LogP contribution in [0, 0.1) is 0 Å². The number of nitrogens with zero attached hydrogens (tertiary/aromatic N) is 2.